The molecule has 3 aliphatic rings. The second kappa shape index (κ2) is 6.87. The number of furan rings is 1. The Kier molecular flexibility index (Phi) is 4.68. The van der Waals surface area contributed by atoms with Crippen molar-refractivity contribution in [3.63, 3.8) is 0 Å². The highest BCUT2D eigenvalue weighted by molar-refractivity contribution is 6.33. The SMILES string of the molecule is O=C(N[C@H]1CN2CCC1CC2)c1ccc(-c2cc(C(F)(F)F)ccc2Cl)o1. The van der Waals surface area contributed by atoms with E-state index < -0.39 is 11.7 Å². The first kappa shape index (κ1) is 18.4. The van der Waals surface area contributed by atoms with Gasteiger partial charge in [-0.2, -0.15) is 13.2 Å². The summed E-state index contributed by atoms with van der Waals surface area (Å²) in [5.41, 5.74) is -0.718. The Morgan fingerprint density at radius 2 is 1.93 bits per heavy atom. The number of halogens is 4. The van der Waals surface area contributed by atoms with Crippen LogP contribution in [-0.4, -0.2) is 36.5 Å². The topological polar surface area (TPSA) is 45.5 Å². The van der Waals surface area contributed by atoms with E-state index in [0.717, 1.165) is 44.6 Å². The van der Waals surface area contributed by atoms with Crippen LogP contribution >= 0.6 is 11.6 Å². The molecule has 8 heteroatoms. The lowest BCUT2D eigenvalue weighted by Gasteiger charge is -2.44. The molecule has 2 aromatic rings. The molecular weight excluding hydrogens is 381 g/mol. The second-order valence-electron chi connectivity index (χ2n) is 7.07. The van der Waals surface area contributed by atoms with E-state index in [1.54, 1.807) is 0 Å². The molecule has 27 heavy (non-hydrogen) atoms. The number of hydrogen-bond donors (Lipinski definition) is 1. The van der Waals surface area contributed by atoms with E-state index in [4.69, 9.17) is 16.0 Å². The zero-order valence-corrected chi connectivity index (χ0v) is 15.1. The maximum Gasteiger partial charge on any atom is 0.416 e. The lowest BCUT2D eigenvalue weighted by molar-refractivity contribution is -0.137. The van der Waals surface area contributed by atoms with Crippen LogP contribution in [0.15, 0.2) is 34.7 Å². The van der Waals surface area contributed by atoms with Crippen molar-refractivity contribution < 1.29 is 22.4 Å². The average Bonchev–Trinajstić information content (AvgIpc) is 3.12. The minimum atomic E-state index is -4.48. The fourth-order valence-electron chi connectivity index (χ4n) is 3.86. The summed E-state index contributed by atoms with van der Waals surface area (Å²) in [7, 11) is 0. The highest BCUT2D eigenvalue weighted by atomic mass is 35.5. The summed E-state index contributed by atoms with van der Waals surface area (Å²) in [5.74, 6) is 0.300. The van der Waals surface area contributed by atoms with Crippen molar-refractivity contribution in [1.82, 2.24) is 10.2 Å². The van der Waals surface area contributed by atoms with Gasteiger partial charge in [0.05, 0.1) is 10.6 Å². The van der Waals surface area contributed by atoms with Gasteiger partial charge in [-0.05, 0) is 62.2 Å². The van der Waals surface area contributed by atoms with E-state index in [9.17, 15) is 18.0 Å². The second-order valence-corrected chi connectivity index (χ2v) is 7.48. The minimum absolute atomic E-state index is 0.0647. The van der Waals surface area contributed by atoms with E-state index in [2.05, 4.69) is 10.2 Å². The van der Waals surface area contributed by atoms with Gasteiger partial charge in [-0.25, -0.2) is 0 Å². The molecule has 4 heterocycles. The molecule has 1 atom stereocenters. The molecule has 0 unspecified atom stereocenters. The fraction of sp³-hybridized carbons (Fsp3) is 0.421. The molecule has 144 valence electrons. The van der Waals surface area contributed by atoms with Crippen LogP contribution in [0.2, 0.25) is 5.02 Å². The van der Waals surface area contributed by atoms with Crippen LogP contribution in [0.4, 0.5) is 13.2 Å². The van der Waals surface area contributed by atoms with Crippen LogP contribution in [0.1, 0.15) is 29.0 Å². The first-order valence-electron chi connectivity index (χ1n) is 8.81. The molecule has 4 nitrogen and oxygen atoms in total. The molecule has 0 saturated carbocycles. The summed E-state index contributed by atoms with van der Waals surface area (Å²) in [6, 6.07) is 6.02. The summed E-state index contributed by atoms with van der Waals surface area (Å²) in [5, 5.41) is 3.12. The Labute approximate surface area is 159 Å². The number of amides is 1. The molecular formula is C19H18ClF3N2O2. The van der Waals surface area contributed by atoms with Crippen LogP contribution in [0.25, 0.3) is 11.3 Å². The number of piperidine rings is 3. The quantitative estimate of drug-likeness (QED) is 0.831. The van der Waals surface area contributed by atoms with Gasteiger partial charge in [-0.1, -0.05) is 11.6 Å². The zero-order chi connectivity index (χ0) is 19.2. The summed E-state index contributed by atoms with van der Waals surface area (Å²) in [6.45, 7) is 2.95. The van der Waals surface area contributed by atoms with Gasteiger partial charge < -0.3 is 14.6 Å². The Morgan fingerprint density at radius 3 is 2.56 bits per heavy atom. The summed E-state index contributed by atoms with van der Waals surface area (Å²) in [6.07, 6.45) is -2.36. The molecule has 2 bridgehead atoms. The Hall–Kier alpha value is -1.99. The predicted molar refractivity (Wildman–Crippen MR) is 94.6 cm³/mol. The zero-order valence-electron chi connectivity index (χ0n) is 14.4. The lowest BCUT2D eigenvalue weighted by atomic mass is 9.84. The molecule has 5 rings (SSSR count). The number of nitrogens with one attached hydrogen (secondary N) is 1. The number of alkyl halides is 3. The molecule has 1 amide bonds. The number of rotatable bonds is 3. The molecule has 3 aliphatic heterocycles. The van der Waals surface area contributed by atoms with Crippen molar-refractivity contribution in [2.24, 2.45) is 5.92 Å². The Balaban J connectivity index is 1.52. The van der Waals surface area contributed by atoms with Crippen molar-refractivity contribution in [3.8, 4) is 11.3 Å². The number of fused-ring (bicyclic) bond motifs is 3. The van der Waals surface area contributed by atoms with Gasteiger partial charge in [0.2, 0.25) is 0 Å². The number of nitrogens with zero attached hydrogens (tertiary/aromatic N) is 1. The van der Waals surface area contributed by atoms with Gasteiger partial charge >= 0.3 is 6.18 Å². The molecule has 1 aromatic heterocycles. The highest BCUT2D eigenvalue weighted by Crippen LogP contribution is 2.36. The van der Waals surface area contributed by atoms with E-state index in [1.807, 2.05) is 0 Å². The van der Waals surface area contributed by atoms with Crippen molar-refractivity contribution >= 4 is 17.5 Å². The van der Waals surface area contributed by atoms with Crippen molar-refractivity contribution in [2.45, 2.75) is 25.1 Å². The van der Waals surface area contributed by atoms with Crippen molar-refractivity contribution in [1.29, 1.82) is 0 Å². The van der Waals surface area contributed by atoms with Crippen LogP contribution in [0, 0.1) is 5.92 Å². The van der Waals surface area contributed by atoms with Crippen molar-refractivity contribution in [3.05, 3.63) is 46.7 Å². The van der Waals surface area contributed by atoms with Crippen molar-refractivity contribution in [2.75, 3.05) is 19.6 Å². The fourth-order valence-corrected chi connectivity index (χ4v) is 4.07. The van der Waals surface area contributed by atoms with E-state index in [1.165, 1.54) is 18.2 Å². The normalized spacial score (nSPS) is 24.8. The Bertz CT molecular complexity index is 857. The number of benzene rings is 1. The minimum Gasteiger partial charge on any atom is -0.451 e. The average molecular weight is 399 g/mol. The van der Waals surface area contributed by atoms with Gasteiger partial charge in [0, 0.05) is 18.2 Å². The summed E-state index contributed by atoms with van der Waals surface area (Å²) < 4.78 is 44.3. The molecule has 1 aromatic carbocycles. The third-order valence-corrected chi connectivity index (χ3v) is 5.69. The van der Waals surface area contributed by atoms with Gasteiger partial charge in [-0.3, -0.25) is 4.79 Å². The standard InChI is InChI=1S/C19H18ClF3N2O2/c20-14-2-1-12(19(21,22)23)9-13(14)16-3-4-17(27-16)18(26)24-15-10-25-7-5-11(15)6-8-25/h1-4,9,11,15H,5-8,10H2,(H,24,26)/t15-/m0/s1. The third kappa shape index (κ3) is 3.71. The largest absolute Gasteiger partial charge is 0.451 e. The van der Waals surface area contributed by atoms with E-state index in [0.29, 0.717) is 5.92 Å². The first-order chi connectivity index (χ1) is 12.8. The van der Waals surface area contributed by atoms with Crippen LogP contribution in [-0.2, 0) is 6.18 Å². The molecule has 0 spiro atoms. The monoisotopic (exact) mass is 398 g/mol. The number of carbonyl (C=O) groups excluding carboxylic acids is 1. The molecule has 1 N–H and O–H groups in total. The lowest BCUT2D eigenvalue weighted by Crippen LogP contribution is -2.57. The van der Waals surface area contributed by atoms with E-state index in [-0.39, 0.29) is 34.1 Å². The van der Waals surface area contributed by atoms with Gasteiger partial charge in [0.25, 0.3) is 5.91 Å². The van der Waals surface area contributed by atoms with Gasteiger partial charge in [0.1, 0.15) is 5.76 Å². The molecule has 3 saturated heterocycles. The maximum absolute atomic E-state index is 12.9. The van der Waals surface area contributed by atoms with Crippen LogP contribution < -0.4 is 5.32 Å². The summed E-state index contributed by atoms with van der Waals surface area (Å²) in [4.78, 5) is 14.8. The predicted octanol–water partition coefficient (Wildman–Crippen LogP) is 4.44. The first-order valence-corrected chi connectivity index (χ1v) is 9.19. The number of hydrogen-bond acceptors (Lipinski definition) is 3. The van der Waals surface area contributed by atoms with Gasteiger partial charge in [0.15, 0.2) is 5.76 Å². The van der Waals surface area contributed by atoms with Crippen LogP contribution in [0.5, 0.6) is 0 Å². The molecule has 3 fully saturated rings. The Morgan fingerprint density at radius 1 is 1.19 bits per heavy atom. The van der Waals surface area contributed by atoms with Crippen LogP contribution in [0.3, 0.4) is 0 Å². The summed E-state index contributed by atoms with van der Waals surface area (Å²) >= 11 is 6.03. The maximum atomic E-state index is 12.9. The highest BCUT2D eigenvalue weighted by Gasteiger charge is 2.35. The smallest absolute Gasteiger partial charge is 0.416 e. The molecule has 0 radical (unpaired) electrons. The van der Waals surface area contributed by atoms with Gasteiger partial charge in [-0.15, -0.1) is 0 Å². The third-order valence-electron chi connectivity index (χ3n) is 5.36. The molecule has 0 aliphatic carbocycles. The number of carbonyl (C=O) groups is 1. The van der Waals surface area contributed by atoms with E-state index >= 15 is 0 Å².